The Bertz CT molecular complexity index is 1630. The van der Waals surface area contributed by atoms with Gasteiger partial charge in [0.2, 0.25) is 11.8 Å². The Morgan fingerprint density at radius 3 is 2.49 bits per heavy atom. The quantitative estimate of drug-likeness (QED) is 0.179. The van der Waals surface area contributed by atoms with E-state index in [2.05, 4.69) is 18.5 Å². The summed E-state index contributed by atoms with van der Waals surface area (Å²) in [4.78, 5) is 60.2. The van der Waals surface area contributed by atoms with Crippen molar-refractivity contribution < 1.29 is 33.8 Å². The van der Waals surface area contributed by atoms with Gasteiger partial charge in [-0.1, -0.05) is 68.5 Å². The van der Waals surface area contributed by atoms with E-state index in [1.807, 2.05) is 76.2 Å². The fraction of sp³-hybridized carbons (Fsp3) is 0.512. The molecule has 0 aromatic heterocycles. The van der Waals surface area contributed by atoms with Crippen LogP contribution in [0.2, 0.25) is 0 Å². The molecule has 3 saturated heterocycles. The van der Waals surface area contributed by atoms with Crippen LogP contribution in [0.5, 0.6) is 0 Å². The third-order valence-electron chi connectivity index (χ3n) is 10.6. The second kappa shape index (κ2) is 15.9. The predicted octanol–water partition coefficient (Wildman–Crippen LogP) is 5.36. The smallest absolute Gasteiger partial charge is 0.313 e. The topological polar surface area (TPSA) is 125 Å². The molecule has 3 aliphatic rings. The predicted molar refractivity (Wildman–Crippen MR) is 196 cm³/mol. The number of ether oxygens (including phenoxy) is 2. The molecule has 3 amide bonds. The molecular formula is C41H53N3O7. The number of nitrogens with zero attached hydrogens (tertiary/aromatic N) is 2. The van der Waals surface area contributed by atoms with Crippen molar-refractivity contribution in [3.63, 3.8) is 0 Å². The van der Waals surface area contributed by atoms with E-state index in [4.69, 9.17) is 9.47 Å². The molecule has 51 heavy (non-hydrogen) atoms. The molecule has 2 N–H and O–H groups in total. The van der Waals surface area contributed by atoms with Crippen LogP contribution in [-0.4, -0.2) is 76.7 Å². The summed E-state index contributed by atoms with van der Waals surface area (Å²) in [6.45, 7) is 17.1. The van der Waals surface area contributed by atoms with Gasteiger partial charge < -0.3 is 29.7 Å². The van der Waals surface area contributed by atoms with Gasteiger partial charge in [0.05, 0.1) is 36.6 Å². The lowest BCUT2D eigenvalue weighted by molar-refractivity contribution is -0.162. The van der Waals surface area contributed by atoms with Gasteiger partial charge in [0.15, 0.2) is 0 Å². The lowest BCUT2D eigenvalue weighted by atomic mass is 9.70. The van der Waals surface area contributed by atoms with Crippen molar-refractivity contribution in [2.24, 2.45) is 17.8 Å². The molecule has 3 aliphatic heterocycles. The van der Waals surface area contributed by atoms with Gasteiger partial charge in [-0.05, 0) is 75.1 Å². The maximum absolute atomic E-state index is 15.1. The minimum absolute atomic E-state index is 0.111. The van der Waals surface area contributed by atoms with Crippen LogP contribution in [0, 0.1) is 31.6 Å². The lowest BCUT2D eigenvalue weighted by Gasteiger charge is -2.40. The second-order valence-corrected chi connectivity index (χ2v) is 14.7. The highest BCUT2D eigenvalue weighted by Crippen LogP contribution is 2.59. The van der Waals surface area contributed by atoms with Crippen LogP contribution in [-0.2, 0) is 28.7 Å². The molecule has 2 aromatic carbocycles. The normalized spacial score (nSPS) is 25.2. The first-order valence-corrected chi connectivity index (χ1v) is 18.1. The number of amides is 3. The number of likely N-dealkylation sites (tertiary alicyclic amines) is 1. The van der Waals surface area contributed by atoms with Gasteiger partial charge in [-0.3, -0.25) is 19.2 Å². The Labute approximate surface area is 301 Å². The van der Waals surface area contributed by atoms with E-state index in [-0.39, 0.29) is 37.3 Å². The molecule has 0 saturated carbocycles. The van der Waals surface area contributed by atoms with Crippen molar-refractivity contribution in [2.75, 3.05) is 18.1 Å². The number of fused-ring (bicyclic) bond motifs is 1. The monoisotopic (exact) mass is 699 g/mol. The third kappa shape index (κ3) is 7.39. The van der Waals surface area contributed by atoms with Gasteiger partial charge in [-0.25, -0.2) is 0 Å². The zero-order valence-electron chi connectivity index (χ0n) is 30.5. The minimum atomic E-state index is -1.29. The van der Waals surface area contributed by atoms with E-state index >= 15 is 4.79 Å². The number of aliphatic hydroxyl groups is 1. The molecule has 2 aromatic rings. The largest absolute Gasteiger partial charge is 0.455 e. The number of aliphatic hydroxyl groups excluding tert-OH is 1. The van der Waals surface area contributed by atoms with E-state index < -0.39 is 59.6 Å². The minimum Gasteiger partial charge on any atom is -0.455 e. The van der Waals surface area contributed by atoms with E-state index in [0.717, 1.165) is 11.1 Å². The van der Waals surface area contributed by atoms with E-state index in [0.29, 0.717) is 36.9 Å². The molecule has 8 atom stereocenters. The van der Waals surface area contributed by atoms with Crippen molar-refractivity contribution in [3.8, 4) is 0 Å². The first-order valence-electron chi connectivity index (χ1n) is 18.1. The molecule has 0 aliphatic carbocycles. The molecule has 1 spiro atoms. The highest BCUT2D eigenvalue weighted by Gasteiger charge is 2.75. The number of carbonyl (C=O) groups excluding carboxylic acids is 4. The molecule has 0 radical (unpaired) electrons. The summed E-state index contributed by atoms with van der Waals surface area (Å²) < 4.78 is 13.0. The molecule has 0 unspecified atom stereocenters. The molecule has 5 rings (SSSR count). The van der Waals surface area contributed by atoms with Crippen molar-refractivity contribution >= 4 is 29.4 Å². The number of anilines is 1. The first kappa shape index (κ1) is 38.0. The van der Waals surface area contributed by atoms with Gasteiger partial charge in [-0.15, -0.1) is 13.2 Å². The highest BCUT2D eigenvalue weighted by atomic mass is 16.6. The number of carbonyl (C=O) groups is 4. The average Bonchev–Trinajstić information content (AvgIpc) is 3.76. The molecule has 10 nitrogen and oxygen atoms in total. The van der Waals surface area contributed by atoms with E-state index in [1.54, 1.807) is 24.0 Å². The summed E-state index contributed by atoms with van der Waals surface area (Å²) in [5.41, 5.74) is 1.96. The highest BCUT2D eigenvalue weighted by molar-refractivity contribution is 6.05. The Balaban J connectivity index is 1.54. The molecule has 2 bridgehead atoms. The van der Waals surface area contributed by atoms with Crippen molar-refractivity contribution in [3.05, 3.63) is 90.5 Å². The van der Waals surface area contributed by atoms with Crippen LogP contribution in [0.4, 0.5) is 5.69 Å². The number of hydrogen-bond donors (Lipinski definition) is 2. The SMILES string of the molecule is C=CCCC(=O)N[C@H](C)[C@@H](OC(=O)[C@@H]1[C@H]2C(=O)N([C@@H](CO)CC(C)C)[C@H](C(=O)N(CC=C)c3cc(C)ccc3C)[C@]23CC[C@H]1O3)c1ccccc1. The van der Waals surface area contributed by atoms with Gasteiger partial charge in [0.1, 0.15) is 17.7 Å². The Morgan fingerprint density at radius 1 is 1.12 bits per heavy atom. The van der Waals surface area contributed by atoms with E-state index in [9.17, 15) is 19.5 Å². The van der Waals surface area contributed by atoms with Gasteiger partial charge in [0.25, 0.3) is 5.91 Å². The van der Waals surface area contributed by atoms with Gasteiger partial charge in [-0.2, -0.15) is 0 Å². The summed E-state index contributed by atoms with van der Waals surface area (Å²) in [5.74, 6) is -3.40. The van der Waals surface area contributed by atoms with Crippen LogP contribution < -0.4 is 10.2 Å². The number of rotatable bonds is 16. The van der Waals surface area contributed by atoms with Crippen LogP contribution >= 0.6 is 0 Å². The summed E-state index contributed by atoms with van der Waals surface area (Å²) in [6, 6.07) is 12.7. The third-order valence-corrected chi connectivity index (χ3v) is 10.6. The van der Waals surface area contributed by atoms with Crippen molar-refractivity contribution in [1.82, 2.24) is 10.2 Å². The molecular weight excluding hydrogens is 646 g/mol. The molecule has 3 fully saturated rings. The Morgan fingerprint density at radius 2 is 1.84 bits per heavy atom. The number of allylic oxidation sites excluding steroid dienone is 1. The summed E-state index contributed by atoms with van der Waals surface area (Å²) in [5, 5.41) is 13.7. The fourth-order valence-electron chi connectivity index (χ4n) is 8.39. The summed E-state index contributed by atoms with van der Waals surface area (Å²) in [6.07, 6.45) is 3.93. The maximum Gasteiger partial charge on any atom is 0.313 e. The molecule has 3 heterocycles. The summed E-state index contributed by atoms with van der Waals surface area (Å²) in [7, 11) is 0. The maximum atomic E-state index is 15.1. The van der Waals surface area contributed by atoms with Crippen molar-refractivity contribution in [2.45, 2.75) is 103 Å². The average molecular weight is 700 g/mol. The van der Waals surface area contributed by atoms with Crippen LogP contribution in [0.3, 0.4) is 0 Å². The summed E-state index contributed by atoms with van der Waals surface area (Å²) >= 11 is 0. The zero-order chi connectivity index (χ0) is 37.0. The van der Waals surface area contributed by atoms with Gasteiger partial charge in [0, 0.05) is 18.7 Å². The fourth-order valence-corrected chi connectivity index (χ4v) is 8.39. The lowest BCUT2D eigenvalue weighted by Crippen LogP contribution is -2.59. The van der Waals surface area contributed by atoms with Crippen LogP contribution in [0.15, 0.2) is 73.8 Å². The number of esters is 1. The first-order chi connectivity index (χ1) is 24.4. The Hall–Kier alpha value is -4.28. The number of aryl methyl sites for hydroxylation is 2. The molecule has 274 valence electrons. The van der Waals surface area contributed by atoms with E-state index in [1.165, 1.54) is 4.90 Å². The van der Waals surface area contributed by atoms with Gasteiger partial charge >= 0.3 is 5.97 Å². The molecule has 10 heteroatoms. The Kier molecular flexibility index (Phi) is 11.9. The second-order valence-electron chi connectivity index (χ2n) is 14.7. The number of hydrogen-bond acceptors (Lipinski definition) is 7. The van der Waals surface area contributed by atoms with Crippen LogP contribution in [0.25, 0.3) is 0 Å². The number of nitrogens with one attached hydrogen (secondary N) is 1. The standard InChI is InChI=1S/C41H53N3O7/c1-8-10-16-33(46)42-28(7)36(29-14-12-11-13-15-29)50-40(49)34-32-19-20-41(51-32)35(34)38(47)44(30(24-45)22-25(3)4)37(41)39(48)43(21-9-2)31-23-26(5)17-18-27(31)6/h8-9,11-15,17-18,23,25,28,30,32,34-37,45H,1-2,10,16,19-22,24H2,3-7H3,(H,42,46)/t28-,30-,32-,34+,35+,36-,37-,41+/m1/s1. The zero-order valence-corrected chi connectivity index (χ0v) is 30.5. The van der Waals surface area contributed by atoms with Crippen molar-refractivity contribution in [1.29, 1.82) is 0 Å². The van der Waals surface area contributed by atoms with Crippen LogP contribution in [0.1, 0.15) is 75.7 Å². The number of benzene rings is 2.